The minimum atomic E-state index is -0.148. The Bertz CT molecular complexity index is 3500. The van der Waals surface area contributed by atoms with Crippen molar-refractivity contribution < 1.29 is 0 Å². The number of fused-ring (bicyclic) bond motifs is 7. The molecular formula is C61H44N2. The summed E-state index contributed by atoms with van der Waals surface area (Å²) in [6.45, 7) is 4.74. The molecule has 0 N–H and O–H groups in total. The molecule has 10 aromatic carbocycles. The van der Waals surface area contributed by atoms with Gasteiger partial charge in [0.05, 0.1) is 16.7 Å². The van der Waals surface area contributed by atoms with Gasteiger partial charge in [-0.3, -0.25) is 0 Å². The lowest BCUT2D eigenvalue weighted by Gasteiger charge is -2.28. The normalized spacial score (nSPS) is 12.7. The number of anilines is 3. The molecule has 11 aromatic rings. The predicted molar refractivity (Wildman–Crippen MR) is 267 cm³/mol. The zero-order valence-corrected chi connectivity index (χ0v) is 35.3. The van der Waals surface area contributed by atoms with Gasteiger partial charge in [-0.25, -0.2) is 0 Å². The summed E-state index contributed by atoms with van der Waals surface area (Å²) in [7, 11) is 0. The van der Waals surface area contributed by atoms with Crippen LogP contribution in [-0.2, 0) is 5.41 Å². The molecule has 1 aromatic heterocycles. The summed E-state index contributed by atoms with van der Waals surface area (Å²) in [5.74, 6) is 0. The number of aromatic nitrogens is 1. The molecule has 0 saturated heterocycles. The van der Waals surface area contributed by atoms with Crippen LogP contribution in [0.15, 0.2) is 231 Å². The molecular weight excluding hydrogens is 761 g/mol. The van der Waals surface area contributed by atoms with E-state index in [-0.39, 0.29) is 5.41 Å². The van der Waals surface area contributed by atoms with Gasteiger partial charge in [0.15, 0.2) is 0 Å². The fourth-order valence-electron chi connectivity index (χ4n) is 10.2. The van der Waals surface area contributed by atoms with Crippen LogP contribution in [-0.4, -0.2) is 4.57 Å². The highest BCUT2D eigenvalue weighted by atomic mass is 15.1. The van der Waals surface area contributed by atoms with Crippen molar-refractivity contribution in [3.63, 3.8) is 0 Å². The van der Waals surface area contributed by atoms with Crippen LogP contribution in [0.4, 0.5) is 17.1 Å². The van der Waals surface area contributed by atoms with E-state index < -0.39 is 0 Å². The Balaban J connectivity index is 0.870. The average molecular weight is 805 g/mol. The SMILES string of the molecule is CC1(C)c2cc(-c3ccccc3)ccc2-c2ccc(N(c3ccccc3)c3ccc(-c4ccc(-c5ccc6c7ccccc7n(-c7cccc8ccccc78)c6c5)cc4)cc3)cc21. The number of nitrogens with zero attached hydrogens (tertiary/aromatic N) is 2. The van der Waals surface area contributed by atoms with E-state index >= 15 is 0 Å². The number of hydrogen-bond acceptors (Lipinski definition) is 1. The third kappa shape index (κ3) is 6.09. The van der Waals surface area contributed by atoms with Crippen LogP contribution >= 0.6 is 0 Å². The second-order valence-electron chi connectivity index (χ2n) is 17.4. The molecule has 0 spiro atoms. The lowest BCUT2D eigenvalue weighted by Crippen LogP contribution is -2.16. The summed E-state index contributed by atoms with van der Waals surface area (Å²) in [6, 6.07) is 84.5. The molecule has 1 aliphatic carbocycles. The van der Waals surface area contributed by atoms with Crippen LogP contribution in [0.5, 0.6) is 0 Å². The minimum Gasteiger partial charge on any atom is -0.310 e. The molecule has 0 atom stereocenters. The number of hydrogen-bond donors (Lipinski definition) is 0. The highest BCUT2D eigenvalue weighted by Gasteiger charge is 2.36. The zero-order valence-electron chi connectivity index (χ0n) is 35.3. The fraction of sp³-hybridized carbons (Fsp3) is 0.0492. The summed E-state index contributed by atoms with van der Waals surface area (Å²) >= 11 is 0. The Morgan fingerprint density at radius 1 is 0.333 bits per heavy atom. The quantitative estimate of drug-likeness (QED) is 0.156. The summed E-state index contributed by atoms with van der Waals surface area (Å²) in [6.07, 6.45) is 0. The average Bonchev–Trinajstić information content (AvgIpc) is 3.79. The minimum absolute atomic E-state index is 0.148. The van der Waals surface area contributed by atoms with Crippen LogP contribution in [0.2, 0.25) is 0 Å². The highest BCUT2D eigenvalue weighted by Crippen LogP contribution is 2.51. The molecule has 1 heterocycles. The van der Waals surface area contributed by atoms with E-state index in [1.165, 1.54) is 93.9 Å². The van der Waals surface area contributed by atoms with Crippen molar-refractivity contribution in [2.24, 2.45) is 0 Å². The first-order valence-electron chi connectivity index (χ1n) is 21.9. The molecule has 63 heavy (non-hydrogen) atoms. The molecule has 2 heteroatoms. The second kappa shape index (κ2) is 14.6. The summed E-state index contributed by atoms with van der Waals surface area (Å²) in [4.78, 5) is 2.38. The van der Waals surface area contributed by atoms with Gasteiger partial charge in [0.2, 0.25) is 0 Å². The summed E-state index contributed by atoms with van der Waals surface area (Å²) < 4.78 is 2.44. The Labute approximate surface area is 368 Å². The molecule has 0 bridgehead atoms. The lowest BCUT2D eigenvalue weighted by molar-refractivity contribution is 0.660. The molecule has 2 nitrogen and oxygen atoms in total. The Kier molecular flexibility index (Phi) is 8.55. The third-order valence-electron chi connectivity index (χ3n) is 13.4. The van der Waals surface area contributed by atoms with E-state index in [2.05, 4.69) is 254 Å². The van der Waals surface area contributed by atoms with Gasteiger partial charge in [-0.1, -0.05) is 184 Å². The van der Waals surface area contributed by atoms with Crippen molar-refractivity contribution in [3.05, 3.63) is 242 Å². The highest BCUT2D eigenvalue weighted by molar-refractivity contribution is 6.11. The Morgan fingerprint density at radius 3 is 1.59 bits per heavy atom. The molecule has 0 saturated carbocycles. The maximum absolute atomic E-state index is 2.44. The van der Waals surface area contributed by atoms with Crippen LogP contribution in [0.25, 0.3) is 82.8 Å². The van der Waals surface area contributed by atoms with E-state index in [0.717, 1.165) is 17.1 Å². The molecule has 12 rings (SSSR count). The molecule has 0 fully saturated rings. The maximum atomic E-state index is 2.44. The summed E-state index contributed by atoms with van der Waals surface area (Å²) in [5.41, 5.74) is 19.5. The Morgan fingerprint density at radius 2 is 0.825 bits per heavy atom. The van der Waals surface area contributed by atoms with E-state index in [9.17, 15) is 0 Å². The van der Waals surface area contributed by atoms with Crippen molar-refractivity contribution in [1.82, 2.24) is 4.57 Å². The van der Waals surface area contributed by atoms with Gasteiger partial charge in [0, 0.05) is 38.6 Å². The van der Waals surface area contributed by atoms with Gasteiger partial charge in [-0.15, -0.1) is 0 Å². The van der Waals surface area contributed by atoms with E-state index in [1.54, 1.807) is 0 Å². The zero-order chi connectivity index (χ0) is 42.1. The molecule has 0 aliphatic heterocycles. The molecule has 0 unspecified atom stereocenters. The first kappa shape index (κ1) is 36.9. The van der Waals surface area contributed by atoms with Gasteiger partial charge < -0.3 is 9.47 Å². The Hall–Kier alpha value is -7.94. The number of benzene rings is 10. The van der Waals surface area contributed by atoms with Gasteiger partial charge in [-0.2, -0.15) is 0 Å². The second-order valence-corrected chi connectivity index (χ2v) is 17.4. The van der Waals surface area contributed by atoms with Gasteiger partial charge in [-0.05, 0) is 122 Å². The van der Waals surface area contributed by atoms with Crippen LogP contribution in [0, 0.1) is 0 Å². The molecule has 1 aliphatic rings. The fourth-order valence-corrected chi connectivity index (χ4v) is 10.2. The lowest BCUT2D eigenvalue weighted by atomic mass is 9.81. The third-order valence-corrected chi connectivity index (χ3v) is 13.4. The molecule has 298 valence electrons. The van der Waals surface area contributed by atoms with E-state index in [1.807, 2.05) is 0 Å². The maximum Gasteiger partial charge on any atom is 0.0547 e. The van der Waals surface area contributed by atoms with Crippen molar-refractivity contribution >= 4 is 49.6 Å². The van der Waals surface area contributed by atoms with Crippen molar-refractivity contribution in [2.45, 2.75) is 19.3 Å². The first-order chi connectivity index (χ1) is 31.0. The summed E-state index contributed by atoms with van der Waals surface area (Å²) in [5, 5.41) is 5.01. The van der Waals surface area contributed by atoms with Crippen molar-refractivity contribution in [2.75, 3.05) is 4.90 Å². The molecule has 0 amide bonds. The van der Waals surface area contributed by atoms with Gasteiger partial charge >= 0.3 is 0 Å². The molecule has 0 radical (unpaired) electrons. The van der Waals surface area contributed by atoms with Gasteiger partial charge in [0.25, 0.3) is 0 Å². The number of para-hydroxylation sites is 2. The monoisotopic (exact) mass is 804 g/mol. The van der Waals surface area contributed by atoms with Crippen molar-refractivity contribution in [1.29, 1.82) is 0 Å². The topological polar surface area (TPSA) is 8.17 Å². The van der Waals surface area contributed by atoms with Crippen molar-refractivity contribution in [3.8, 4) is 50.2 Å². The van der Waals surface area contributed by atoms with Crippen LogP contribution in [0.1, 0.15) is 25.0 Å². The number of rotatable bonds is 7. The van der Waals surface area contributed by atoms with Crippen LogP contribution in [0.3, 0.4) is 0 Å². The first-order valence-corrected chi connectivity index (χ1v) is 21.9. The largest absolute Gasteiger partial charge is 0.310 e. The smallest absolute Gasteiger partial charge is 0.0547 e. The van der Waals surface area contributed by atoms with E-state index in [0.29, 0.717) is 0 Å². The predicted octanol–water partition coefficient (Wildman–Crippen LogP) is 16.7. The van der Waals surface area contributed by atoms with Gasteiger partial charge in [0.1, 0.15) is 0 Å². The standard InChI is InChI=1S/C61H44N2/c1-61(2)56-38-46(41-14-5-3-6-15-41)30-35-52(56)53-37-34-50(40-57(53)61)62(48-18-7-4-8-19-48)49-32-28-43(29-33-49)42-24-26-44(27-25-42)47-31-36-55-54-21-11-12-22-59(54)63(60(55)39-47)58-23-13-17-45-16-9-10-20-51(45)58/h3-40H,1-2H3. The van der Waals surface area contributed by atoms with Crippen LogP contribution < -0.4 is 4.90 Å². The van der Waals surface area contributed by atoms with E-state index in [4.69, 9.17) is 0 Å².